The molecule has 28 heavy (non-hydrogen) atoms. The number of rotatable bonds is 5. The fraction of sp³-hybridized carbons (Fsp3) is 0.476. The molecule has 2 aliphatic heterocycles. The van der Waals surface area contributed by atoms with Gasteiger partial charge in [-0.25, -0.2) is 9.97 Å². The minimum Gasteiger partial charge on any atom is -0.378 e. The molecule has 0 bridgehead atoms. The molecule has 0 radical (unpaired) electrons. The Balaban J connectivity index is 1.38. The van der Waals surface area contributed by atoms with E-state index in [-0.39, 0.29) is 11.9 Å². The number of piperazine rings is 1. The van der Waals surface area contributed by atoms with Gasteiger partial charge in [0.25, 0.3) is 5.91 Å². The van der Waals surface area contributed by atoms with Gasteiger partial charge in [-0.2, -0.15) is 0 Å². The van der Waals surface area contributed by atoms with E-state index in [1.165, 1.54) is 0 Å². The lowest BCUT2D eigenvalue weighted by Gasteiger charge is -2.48. The second-order valence-electron chi connectivity index (χ2n) is 7.41. The van der Waals surface area contributed by atoms with Crippen LogP contribution in [0.1, 0.15) is 30.1 Å². The van der Waals surface area contributed by atoms with E-state index in [0.717, 1.165) is 38.2 Å². The van der Waals surface area contributed by atoms with Crippen molar-refractivity contribution in [1.29, 1.82) is 0 Å². The highest BCUT2D eigenvalue weighted by Crippen LogP contribution is 2.22. The van der Waals surface area contributed by atoms with Gasteiger partial charge >= 0.3 is 0 Å². The summed E-state index contributed by atoms with van der Waals surface area (Å²) >= 11 is 0. The Morgan fingerprint density at radius 1 is 1.18 bits per heavy atom. The van der Waals surface area contributed by atoms with Crippen LogP contribution in [0.25, 0.3) is 0 Å². The van der Waals surface area contributed by atoms with Gasteiger partial charge in [0.05, 0.1) is 24.8 Å². The third-order valence-electron chi connectivity index (χ3n) is 5.46. The van der Waals surface area contributed by atoms with E-state index in [4.69, 9.17) is 4.74 Å². The number of morpholine rings is 1. The number of benzene rings is 1. The van der Waals surface area contributed by atoms with Gasteiger partial charge in [-0.1, -0.05) is 31.5 Å². The van der Waals surface area contributed by atoms with E-state index in [9.17, 15) is 4.79 Å². The number of ether oxygens (including phenoxy) is 1. The molecule has 7 nitrogen and oxygen atoms in total. The van der Waals surface area contributed by atoms with Crippen molar-refractivity contribution in [2.45, 2.75) is 31.8 Å². The summed E-state index contributed by atoms with van der Waals surface area (Å²) in [7, 11) is 0. The minimum absolute atomic E-state index is 0.0106. The average Bonchev–Trinajstić information content (AvgIpc) is 2.75. The van der Waals surface area contributed by atoms with Gasteiger partial charge in [-0.15, -0.1) is 0 Å². The van der Waals surface area contributed by atoms with Gasteiger partial charge in [0.2, 0.25) is 5.95 Å². The first kappa shape index (κ1) is 18.8. The van der Waals surface area contributed by atoms with Crippen LogP contribution >= 0.6 is 0 Å². The molecule has 0 spiro atoms. The standard InChI is InChI=1S/C21H27N5O2/c1-2-6-18-14-28-15-19-13-25(9-10-26(18)19)20(27)16-11-22-21(23-12-16)24-17-7-4-3-5-8-17/h3-5,7-8,11-12,18-19H,2,6,9-10,13-15H2,1H3,(H,22,23,24)/t18-,19+/m0/s1. The van der Waals surface area contributed by atoms with Crippen LogP contribution in [0.15, 0.2) is 42.7 Å². The predicted octanol–water partition coefficient (Wildman–Crippen LogP) is 2.55. The largest absolute Gasteiger partial charge is 0.378 e. The van der Waals surface area contributed by atoms with E-state index in [1.54, 1.807) is 12.4 Å². The molecule has 0 saturated carbocycles. The second-order valence-corrected chi connectivity index (χ2v) is 7.41. The maximum Gasteiger partial charge on any atom is 0.257 e. The van der Waals surface area contributed by atoms with Crippen LogP contribution in [0, 0.1) is 0 Å². The zero-order chi connectivity index (χ0) is 19.3. The summed E-state index contributed by atoms with van der Waals surface area (Å²) in [6.07, 6.45) is 5.50. The average molecular weight is 381 g/mol. The molecule has 0 unspecified atom stereocenters. The number of fused-ring (bicyclic) bond motifs is 1. The van der Waals surface area contributed by atoms with Crippen molar-refractivity contribution in [3.8, 4) is 0 Å². The molecular formula is C21H27N5O2. The number of nitrogens with one attached hydrogen (secondary N) is 1. The van der Waals surface area contributed by atoms with Gasteiger partial charge in [-0.3, -0.25) is 9.69 Å². The van der Waals surface area contributed by atoms with Crippen molar-refractivity contribution in [2.75, 3.05) is 38.2 Å². The Bertz CT molecular complexity index is 781. The fourth-order valence-corrected chi connectivity index (χ4v) is 4.04. The van der Waals surface area contributed by atoms with Crippen LogP contribution in [0.4, 0.5) is 11.6 Å². The first-order valence-electron chi connectivity index (χ1n) is 10.0. The summed E-state index contributed by atoms with van der Waals surface area (Å²) in [4.78, 5) is 26.0. The van der Waals surface area contributed by atoms with E-state index in [2.05, 4.69) is 27.1 Å². The van der Waals surface area contributed by atoms with Gasteiger partial charge in [-0.05, 0) is 18.6 Å². The van der Waals surface area contributed by atoms with Crippen molar-refractivity contribution in [3.05, 3.63) is 48.3 Å². The number of para-hydroxylation sites is 1. The molecule has 1 aromatic heterocycles. The molecule has 2 fully saturated rings. The van der Waals surface area contributed by atoms with Crippen molar-refractivity contribution < 1.29 is 9.53 Å². The molecule has 1 N–H and O–H groups in total. The number of aromatic nitrogens is 2. The molecule has 2 saturated heterocycles. The van der Waals surface area contributed by atoms with Crippen LogP contribution in [-0.2, 0) is 4.74 Å². The third-order valence-corrected chi connectivity index (χ3v) is 5.46. The summed E-state index contributed by atoms with van der Waals surface area (Å²) in [6.45, 7) is 6.05. The first-order valence-corrected chi connectivity index (χ1v) is 10.0. The first-order chi connectivity index (χ1) is 13.7. The van der Waals surface area contributed by atoms with E-state index >= 15 is 0 Å². The fourth-order valence-electron chi connectivity index (χ4n) is 4.04. The molecule has 1 aromatic carbocycles. The lowest BCUT2D eigenvalue weighted by molar-refractivity contribution is -0.0776. The lowest BCUT2D eigenvalue weighted by Crippen LogP contribution is -2.62. The van der Waals surface area contributed by atoms with Crippen molar-refractivity contribution in [1.82, 2.24) is 19.8 Å². The number of nitrogens with zero attached hydrogens (tertiary/aromatic N) is 4. The van der Waals surface area contributed by atoms with Gasteiger partial charge in [0.1, 0.15) is 0 Å². The van der Waals surface area contributed by atoms with E-state index < -0.39 is 0 Å². The highest BCUT2D eigenvalue weighted by atomic mass is 16.5. The quantitative estimate of drug-likeness (QED) is 0.858. The van der Waals surface area contributed by atoms with Crippen LogP contribution in [0.5, 0.6) is 0 Å². The SMILES string of the molecule is CCC[C@H]1COC[C@H]2CN(C(=O)c3cnc(Nc4ccccc4)nc3)CCN12. The Labute approximate surface area is 165 Å². The molecule has 2 atom stereocenters. The number of anilines is 2. The maximum atomic E-state index is 12.9. The highest BCUT2D eigenvalue weighted by Gasteiger charge is 2.36. The molecular weight excluding hydrogens is 354 g/mol. The van der Waals surface area contributed by atoms with Crippen molar-refractivity contribution >= 4 is 17.5 Å². The van der Waals surface area contributed by atoms with Crippen LogP contribution in [0.2, 0.25) is 0 Å². The normalized spacial score (nSPS) is 22.5. The zero-order valence-electron chi connectivity index (χ0n) is 16.3. The van der Waals surface area contributed by atoms with Gasteiger partial charge in [0, 0.05) is 43.8 Å². The third kappa shape index (κ3) is 4.15. The predicted molar refractivity (Wildman–Crippen MR) is 108 cm³/mol. The summed E-state index contributed by atoms with van der Waals surface area (Å²) in [6, 6.07) is 10.5. The number of hydrogen-bond acceptors (Lipinski definition) is 6. The lowest BCUT2D eigenvalue weighted by atomic mass is 10.0. The molecule has 0 aliphatic carbocycles. The molecule has 2 aromatic rings. The molecule has 3 heterocycles. The Morgan fingerprint density at radius 2 is 1.96 bits per heavy atom. The number of carbonyl (C=O) groups excluding carboxylic acids is 1. The van der Waals surface area contributed by atoms with E-state index in [0.29, 0.717) is 30.7 Å². The smallest absolute Gasteiger partial charge is 0.257 e. The molecule has 7 heteroatoms. The molecule has 2 aliphatic rings. The Kier molecular flexibility index (Phi) is 5.83. The monoisotopic (exact) mass is 381 g/mol. The summed E-state index contributed by atoms with van der Waals surface area (Å²) in [5.74, 6) is 0.471. The highest BCUT2D eigenvalue weighted by molar-refractivity contribution is 5.93. The number of carbonyl (C=O) groups is 1. The summed E-state index contributed by atoms with van der Waals surface area (Å²) in [5, 5.41) is 3.13. The number of amides is 1. The Morgan fingerprint density at radius 3 is 2.71 bits per heavy atom. The Hall–Kier alpha value is -2.51. The minimum atomic E-state index is -0.0106. The maximum absolute atomic E-state index is 12.9. The number of hydrogen-bond donors (Lipinski definition) is 1. The zero-order valence-corrected chi connectivity index (χ0v) is 16.3. The summed E-state index contributed by atoms with van der Waals surface area (Å²) < 4.78 is 5.80. The molecule has 1 amide bonds. The molecule has 148 valence electrons. The summed E-state index contributed by atoms with van der Waals surface area (Å²) in [5.41, 5.74) is 1.44. The van der Waals surface area contributed by atoms with Gasteiger partial charge in [0.15, 0.2) is 0 Å². The molecule has 4 rings (SSSR count). The van der Waals surface area contributed by atoms with Crippen molar-refractivity contribution in [3.63, 3.8) is 0 Å². The van der Waals surface area contributed by atoms with Crippen LogP contribution < -0.4 is 5.32 Å². The van der Waals surface area contributed by atoms with Gasteiger partial charge < -0.3 is 15.0 Å². The van der Waals surface area contributed by atoms with Crippen LogP contribution in [-0.4, -0.2) is 70.6 Å². The van der Waals surface area contributed by atoms with Crippen LogP contribution in [0.3, 0.4) is 0 Å². The van der Waals surface area contributed by atoms with Crippen molar-refractivity contribution in [2.24, 2.45) is 0 Å². The van der Waals surface area contributed by atoms with E-state index in [1.807, 2.05) is 35.2 Å². The second kappa shape index (κ2) is 8.67. The topological polar surface area (TPSA) is 70.6 Å².